The van der Waals surface area contributed by atoms with Crippen LogP contribution in [-0.2, 0) is 0 Å². The molecule has 2 aromatic rings. The average molecular weight is 603 g/mol. The second kappa shape index (κ2) is 16.3. The van der Waals surface area contributed by atoms with E-state index in [9.17, 15) is 22.9 Å². The summed E-state index contributed by atoms with van der Waals surface area (Å²) in [5.41, 5.74) is 2.91. The maximum atomic E-state index is 12.5. The predicted octanol–water partition coefficient (Wildman–Crippen LogP) is 6.08. The number of aromatic amines is 1. The molecule has 2 aliphatic rings. The summed E-state index contributed by atoms with van der Waals surface area (Å²) in [6.45, 7) is 4.05. The molecule has 2 aliphatic carbocycles. The van der Waals surface area contributed by atoms with Crippen LogP contribution in [0.1, 0.15) is 68.3 Å². The van der Waals surface area contributed by atoms with Crippen molar-refractivity contribution in [2.75, 3.05) is 21.3 Å². The van der Waals surface area contributed by atoms with Gasteiger partial charge in [0.15, 0.2) is 0 Å². The van der Waals surface area contributed by atoms with Gasteiger partial charge in [0, 0.05) is 37.9 Å². The Labute approximate surface area is 242 Å². The van der Waals surface area contributed by atoms with Crippen LogP contribution < -0.4 is 10.1 Å². The summed E-state index contributed by atoms with van der Waals surface area (Å²) < 4.78 is 41.9. The molecular formula is C27H38ClF3N6O4. The minimum atomic E-state index is -4.09. The van der Waals surface area contributed by atoms with Crippen molar-refractivity contribution in [2.45, 2.75) is 76.0 Å². The minimum Gasteiger partial charge on any atom is -0.481 e. The molecule has 2 heterocycles. The molecule has 0 aromatic carbocycles. The Morgan fingerprint density at radius 3 is 2.49 bits per heavy atom. The Balaban J connectivity index is 0.000000312. The number of nitrogens with zero attached hydrogens (tertiary/aromatic N) is 4. The molecule has 10 nitrogen and oxygen atoms in total. The molecular weight excluding hydrogens is 565 g/mol. The number of amides is 1. The zero-order valence-electron chi connectivity index (χ0n) is 23.5. The predicted molar refractivity (Wildman–Crippen MR) is 150 cm³/mol. The lowest BCUT2D eigenvalue weighted by Crippen LogP contribution is -2.35. The molecule has 0 aliphatic heterocycles. The molecule has 1 unspecified atom stereocenters. The molecule has 2 saturated carbocycles. The number of carbonyl (C=O) groups excluding carboxylic acids is 1. The molecule has 3 N–H and O–H groups in total. The van der Waals surface area contributed by atoms with E-state index in [1.54, 1.807) is 12.1 Å². The maximum Gasteiger partial charge on any atom is 0.391 e. The average Bonchev–Trinajstić information content (AvgIpc) is 3.38. The number of aliphatic hydroxyl groups is 1. The van der Waals surface area contributed by atoms with Crippen molar-refractivity contribution >= 4 is 17.5 Å². The largest absolute Gasteiger partial charge is 0.481 e. The van der Waals surface area contributed by atoms with Gasteiger partial charge in [0.25, 0.3) is 5.91 Å². The van der Waals surface area contributed by atoms with Crippen molar-refractivity contribution in [1.82, 2.24) is 25.5 Å². The van der Waals surface area contributed by atoms with Crippen LogP contribution in [0, 0.1) is 10.8 Å². The van der Waals surface area contributed by atoms with Crippen molar-refractivity contribution < 1.29 is 27.8 Å². The molecule has 0 saturated heterocycles. The van der Waals surface area contributed by atoms with Crippen LogP contribution in [-0.4, -0.2) is 70.7 Å². The quantitative estimate of drug-likeness (QED) is 0.158. The number of carbonyl (C=O) groups is 1. The number of hydrogen-bond donors (Lipinski definition) is 3. The fourth-order valence-corrected chi connectivity index (χ4v) is 5.00. The lowest BCUT2D eigenvalue weighted by molar-refractivity contribution is -0.184. The summed E-state index contributed by atoms with van der Waals surface area (Å²) in [5, 5.41) is 21.4. The Morgan fingerprint density at radius 1 is 1.20 bits per heavy atom. The lowest BCUT2D eigenvalue weighted by atomic mass is 9.85. The topological polar surface area (TPSA) is 133 Å². The molecule has 0 radical (unpaired) electrons. The zero-order chi connectivity index (χ0) is 30.6. The number of aromatic nitrogens is 3. The van der Waals surface area contributed by atoms with Gasteiger partial charge in [-0.05, 0) is 63.9 Å². The normalized spacial score (nSPS) is 20.8. The van der Waals surface area contributed by atoms with Gasteiger partial charge in [-0.25, -0.2) is 4.98 Å². The highest BCUT2D eigenvalue weighted by molar-refractivity contribution is 6.33. The summed E-state index contributed by atoms with van der Waals surface area (Å²) in [5.74, 6) is -0.917. The van der Waals surface area contributed by atoms with E-state index < -0.39 is 12.1 Å². The Hall–Kier alpha value is -3.19. The van der Waals surface area contributed by atoms with Gasteiger partial charge < -0.3 is 15.2 Å². The highest BCUT2D eigenvalue weighted by Crippen LogP contribution is 2.38. The molecule has 0 bridgehead atoms. The number of pyridine rings is 1. The Morgan fingerprint density at radius 2 is 1.88 bits per heavy atom. The second-order valence-electron chi connectivity index (χ2n) is 9.93. The smallest absolute Gasteiger partial charge is 0.391 e. The van der Waals surface area contributed by atoms with Gasteiger partial charge in [-0.15, -0.1) is 4.91 Å². The van der Waals surface area contributed by atoms with E-state index in [-0.39, 0.29) is 30.8 Å². The number of halogens is 4. The van der Waals surface area contributed by atoms with E-state index in [2.05, 4.69) is 32.4 Å². The molecule has 41 heavy (non-hydrogen) atoms. The van der Waals surface area contributed by atoms with Crippen molar-refractivity contribution in [3.63, 3.8) is 0 Å². The minimum absolute atomic E-state index is 0.105. The number of nitrogens with one attached hydrogen (secondary N) is 2. The Bertz CT molecular complexity index is 1140. The molecule has 14 heteroatoms. The zero-order valence-corrected chi connectivity index (χ0v) is 24.3. The summed E-state index contributed by atoms with van der Waals surface area (Å²) in [6, 6.07) is 3.43. The van der Waals surface area contributed by atoms with Crippen LogP contribution in [0.4, 0.5) is 13.2 Å². The van der Waals surface area contributed by atoms with E-state index >= 15 is 0 Å². The van der Waals surface area contributed by atoms with Gasteiger partial charge in [-0.1, -0.05) is 23.8 Å². The number of rotatable bonds is 6. The number of H-pyrrole nitrogens is 1. The van der Waals surface area contributed by atoms with E-state index in [0.29, 0.717) is 40.7 Å². The van der Waals surface area contributed by atoms with Gasteiger partial charge in [0.05, 0.1) is 35.2 Å². The van der Waals surface area contributed by atoms with Crippen LogP contribution in [0.3, 0.4) is 0 Å². The molecule has 228 valence electrons. The molecule has 1 amide bonds. The number of nitroso groups, excluding NO2 is 1. The van der Waals surface area contributed by atoms with E-state index in [1.807, 2.05) is 0 Å². The van der Waals surface area contributed by atoms with Gasteiger partial charge in [0.2, 0.25) is 5.88 Å². The highest BCUT2D eigenvalue weighted by atomic mass is 35.5. The first kappa shape index (κ1) is 34.0. The third-order valence-electron chi connectivity index (χ3n) is 7.22. The van der Waals surface area contributed by atoms with E-state index in [1.165, 1.54) is 30.9 Å². The monoisotopic (exact) mass is 602 g/mol. The summed E-state index contributed by atoms with van der Waals surface area (Å²) in [6.07, 6.45) is 3.39. The van der Waals surface area contributed by atoms with Crippen LogP contribution in [0.25, 0.3) is 11.3 Å². The third-order valence-corrected chi connectivity index (χ3v) is 7.52. The van der Waals surface area contributed by atoms with E-state index in [0.717, 1.165) is 39.2 Å². The van der Waals surface area contributed by atoms with Crippen molar-refractivity contribution in [3.8, 4) is 17.1 Å². The standard InChI is InChI=1S/C18H21ClN4O2.C8H13F3N2O.CH4O/c1-11-4-3-5-12(7-6-11)21-18(24)16-9-15(22-23-16)13-8-17(25-2)20-10-14(13)19;1-13(12-14)7-4-2-6(3-5-7)8(9,10)11;1-2/h8-10,12H,1,3-7H2,2H3,(H,21,24)(H,22,23);6-7H,2-5H2,1H3;2H,1H3. The number of ether oxygens (including phenoxy) is 1. The van der Waals surface area contributed by atoms with Crippen molar-refractivity contribution in [3.05, 3.63) is 46.1 Å². The summed E-state index contributed by atoms with van der Waals surface area (Å²) >= 11 is 6.18. The second-order valence-corrected chi connectivity index (χ2v) is 10.3. The van der Waals surface area contributed by atoms with Gasteiger partial charge in [-0.3, -0.25) is 14.9 Å². The van der Waals surface area contributed by atoms with Crippen LogP contribution in [0.15, 0.2) is 35.8 Å². The lowest BCUT2D eigenvalue weighted by Gasteiger charge is -2.32. The van der Waals surface area contributed by atoms with Gasteiger partial charge >= 0.3 is 6.18 Å². The maximum absolute atomic E-state index is 12.5. The fourth-order valence-electron chi connectivity index (χ4n) is 4.80. The first-order chi connectivity index (χ1) is 19.5. The molecule has 2 fully saturated rings. The number of allylic oxidation sites excluding steroid dienone is 1. The van der Waals surface area contributed by atoms with Crippen LogP contribution in [0.2, 0.25) is 5.02 Å². The van der Waals surface area contributed by atoms with Gasteiger partial charge in [-0.2, -0.15) is 18.3 Å². The fraction of sp³-hybridized carbons (Fsp3) is 0.593. The van der Waals surface area contributed by atoms with Crippen molar-refractivity contribution in [2.24, 2.45) is 11.2 Å². The number of aliphatic hydroxyl groups excluding tert-OH is 1. The highest BCUT2D eigenvalue weighted by Gasteiger charge is 2.42. The number of methoxy groups -OCH3 is 1. The molecule has 2 aromatic heterocycles. The van der Waals surface area contributed by atoms with Crippen LogP contribution >= 0.6 is 11.6 Å². The molecule has 0 spiro atoms. The van der Waals surface area contributed by atoms with E-state index in [4.69, 9.17) is 21.4 Å². The van der Waals surface area contributed by atoms with Gasteiger partial charge in [0.1, 0.15) is 5.69 Å². The SMILES string of the molecule is C=C1CCCC(NC(=O)c2cc(-c3cc(OC)ncc3Cl)n[nH]2)CC1.CN(N=O)C1CCC(C(F)(F)F)CC1.CO. The number of alkyl halides is 3. The summed E-state index contributed by atoms with van der Waals surface area (Å²) in [4.78, 5) is 26.7. The first-order valence-electron chi connectivity index (χ1n) is 13.3. The molecule has 1 atom stereocenters. The molecule has 4 rings (SSSR count). The van der Waals surface area contributed by atoms with Crippen molar-refractivity contribution in [1.29, 1.82) is 0 Å². The third kappa shape index (κ3) is 10.3. The first-order valence-corrected chi connectivity index (χ1v) is 13.7. The Kier molecular flexibility index (Phi) is 13.5. The summed E-state index contributed by atoms with van der Waals surface area (Å²) in [7, 11) is 4.04. The van der Waals surface area contributed by atoms with Crippen LogP contribution in [0.5, 0.6) is 5.88 Å². The number of hydrogen-bond acceptors (Lipinski definition) is 7.